The summed E-state index contributed by atoms with van der Waals surface area (Å²) in [7, 11) is 0. The van der Waals surface area contributed by atoms with E-state index in [9.17, 15) is 0 Å². The van der Waals surface area contributed by atoms with E-state index in [-0.39, 0.29) is 0 Å². The zero-order valence-electron chi connectivity index (χ0n) is 37.2. The zero-order valence-corrected chi connectivity index (χ0v) is 37.2. The van der Waals surface area contributed by atoms with E-state index < -0.39 is 0 Å². The fourth-order valence-electron chi connectivity index (χ4n) is 10.4. The van der Waals surface area contributed by atoms with Gasteiger partial charge in [0.05, 0.1) is 0 Å². The third-order valence-electron chi connectivity index (χ3n) is 13.6. The molecule has 0 radical (unpaired) electrons. The van der Waals surface area contributed by atoms with Gasteiger partial charge in [-0.1, -0.05) is 206 Å². The number of anilines is 3. The standard InChI is InChI=1S/C66H43NO/c1-4-16-44(17-5-1)48-30-31-50-41-55(38-34-49(50)40-48)67(54-23-14-22-52(42-54)56-27-15-28-61-59-25-12-13-29-63(59)68-66(56)61)53-36-32-45(33-37-53)51-35-39-58-57-24-10-11-26-60(57)64(46-18-6-2-7-19-46)65(62(58)43-51)47-20-8-3-9-21-47/h1-43H. The number of hydrogen-bond acceptors (Lipinski definition) is 2. The van der Waals surface area contributed by atoms with Crippen molar-refractivity contribution in [3.63, 3.8) is 0 Å². The first-order valence-corrected chi connectivity index (χ1v) is 23.3. The lowest BCUT2D eigenvalue weighted by atomic mass is 9.84. The Labute approximate surface area is 395 Å². The normalized spacial score (nSPS) is 11.5. The Kier molecular flexibility index (Phi) is 9.54. The van der Waals surface area contributed by atoms with Crippen LogP contribution in [0.25, 0.3) is 110 Å². The molecule has 0 bridgehead atoms. The molecule has 0 aliphatic heterocycles. The molecule has 68 heavy (non-hydrogen) atoms. The average molecular weight is 866 g/mol. The first-order chi connectivity index (χ1) is 33.7. The Morgan fingerprint density at radius 3 is 1.51 bits per heavy atom. The molecule has 0 saturated heterocycles. The SMILES string of the molecule is c1ccc(-c2ccc3cc(N(c4ccc(-c5ccc6c(c5)c(-c5ccccc5)c(-c5ccccc5)c5ccccc56)cc4)c4cccc(-c5cccc6c5oc5ccccc56)c4)ccc3c2)cc1. The molecule has 0 fully saturated rings. The summed E-state index contributed by atoms with van der Waals surface area (Å²) in [6, 6.07) is 94.5. The molecule has 13 rings (SSSR count). The minimum atomic E-state index is 0.895. The average Bonchev–Trinajstić information content (AvgIpc) is 3.80. The fraction of sp³-hybridized carbons (Fsp3) is 0. The first-order valence-electron chi connectivity index (χ1n) is 23.3. The van der Waals surface area contributed by atoms with Crippen molar-refractivity contribution in [3.05, 3.63) is 261 Å². The molecule has 13 aromatic rings. The summed E-state index contributed by atoms with van der Waals surface area (Å²) in [5, 5.41) is 9.62. The van der Waals surface area contributed by atoms with Crippen molar-refractivity contribution in [2.45, 2.75) is 0 Å². The predicted octanol–water partition coefficient (Wildman–Crippen LogP) is 18.9. The zero-order chi connectivity index (χ0) is 45.0. The Hall–Kier alpha value is -8.98. The number of furan rings is 1. The van der Waals surface area contributed by atoms with Gasteiger partial charge in [-0.3, -0.25) is 0 Å². The van der Waals surface area contributed by atoms with Gasteiger partial charge in [0.1, 0.15) is 11.2 Å². The molecule has 0 amide bonds. The molecule has 0 aliphatic carbocycles. The number of benzene rings is 12. The van der Waals surface area contributed by atoms with Crippen LogP contribution >= 0.6 is 0 Å². The summed E-state index contributed by atoms with van der Waals surface area (Å²) in [5.41, 5.74) is 16.8. The van der Waals surface area contributed by atoms with Gasteiger partial charge in [-0.25, -0.2) is 0 Å². The van der Waals surface area contributed by atoms with E-state index in [4.69, 9.17) is 4.42 Å². The summed E-state index contributed by atoms with van der Waals surface area (Å²) in [6.45, 7) is 0. The van der Waals surface area contributed by atoms with Gasteiger partial charge < -0.3 is 9.32 Å². The van der Waals surface area contributed by atoms with Crippen molar-refractivity contribution < 1.29 is 4.42 Å². The second-order valence-corrected chi connectivity index (χ2v) is 17.6. The van der Waals surface area contributed by atoms with Gasteiger partial charge >= 0.3 is 0 Å². The van der Waals surface area contributed by atoms with Gasteiger partial charge in [0, 0.05) is 33.4 Å². The molecule has 0 N–H and O–H groups in total. The Morgan fingerprint density at radius 1 is 0.250 bits per heavy atom. The van der Waals surface area contributed by atoms with Gasteiger partial charge in [-0.15, -0.1) is 0 Å². The van der Waals surface area contributed by atoms with Crippen LogP contribution in [0.3, 0.4) is 0 Å². The molecule has 0 spiro atoms. The van der Waals surface area contributed by atoms with Crippen molar-refractivity contribution in [2.24, 2.45) is 0 Å². The Balaban J connectivity index is 0.955. The molecule has 0 unspecified atom stereocenters. The van der Waals surface area contributed by atoms with E-state index in [1.165, 1.54) is 71.3 Å². The molecule has 12 aromatic carbocycles. The van der Waals surface area contributed by atoms with Crippen LogP contribution in [0.2, 0.25) is 0 Å². The van der Waals surface area contributed by atoms with Crippen LogP contribution in [0, 0.1) is 0 Å². The summed E-state index contributed by atoms with van der Waals surface area (Å²) >= 11 is 0. The van der Waals surface area contributed by atoms with Crippen molar-refractivity contribution in [1.29, 1.82) is 0 Å². The van der Waals surface area contributed by atoms with Crippen LogP contribution in [0.4, 0.5) is 17.1 Å². The van der Waals surface area contributed by atoms with Crippen LogP contribution in [0.1, 0.15) is 0 Å². The highest BCUT2D eigenvalue weighted by molar-refractivity contribution is 6.22. The number of rotatable bonds is 8. The highest BCUT2D eigenvalue weighted by Crippen LogP contribution is 2.46. The maximum atomic E-state index is 6.55. The number of fused-ring (bicyclic) bond motifs is 7. The smallest absolute Gasteiger partial charge is 0.143 e. The summed E-state index contributed by atoms with van der Waals surface area (Å²) in [6.07, 6.45) is 0. The monoisotopic (exact) mass is 865 g/mol. The van der Waals surface area contributed by atoms with Gasteiger partial charge in [0.25, 0.3) is 0 Å². The molecule has 2 heteroatoms. The predicted molar refractivity (Wildman–Crippen MR) is 288 cm³/mol. The van der Waals surface area contributed by atoms with Gasteiger partial charge in [0.2, 0.25) is 0 Å². The lowest BCUT2D eigenvalue weighted by Gasteiger charge is -2.27. The van der Waals surface area contributed by atoms with E-state index >= 15 is 0 Å². The first kappa shape index (κ1) is 39.4. The molecule has 0 saturated carbocycles. The Bertz CT molecular complexity index is 4000. The molecule has 0 atom stereocenters. The summed E-state index contributed by atoms with van der Waals surface area (Å²) < 4.78 is 6.55. The Morgan fingerprint density at radius 2 is 0.750 bits per heavy atom. The van der Waals surface area contributed by atoms with Crippen LogP contribution in [-0.2, 0) is 0 Å². The van der Waals surface area contributed by atoms with Crippen LogP contribution in [0.5, 0.6) is 0 Å². The second-order valence-electron chi connectivity index (χ2n) is 17.6. The molecule has 1 aromatic heterocycles. The topological polar surface area (TPSA) is 16.4 Å². The van der Waals surface area contributed by atoms with E-state index in [1.54, 1.807) is 0 Å². The van der Waals surface area contributed by atoms with Crippen LogP contribution < -0.4 is 4.90 Å². The summed E-state index contributed by atoms with van der Waals surface area (Å²) in [4.78, 5) is 2.38. The highest BCUT2D eigenvalue weighted by atomic mass is 16.3. The molecule has 0 aliphatic rings. The van der Waals surface area contributed by atoms with Crippen LogP contribution in [-0.4, -0.2) is 0 Å². The van der Waals surface area contributed by atoms with Crippen molar-refractivity contribution >= 4 is 71.3 Å². The summed E-state index contributed by atoms with van der Waals surface area (Å²) in [5.74, 6) is 0. The van der Waals surface area contributed by atoms with Crippen molar-refractivity contribution in [1.82, 2.24) is 0 Å². The minimum Gasteiger partial charge on any atom is -0.455 e. The van der Waals surface area contributed by atoms with E-state index in [0.29, 0.717) is 0 Å². The van der Waals surface area contributed by atoms with Crippen molar-refractivity contribution in [3.8, 4) is 55.6 Å². The maximum absolute atomic E-state index is 6.55. The van der Waals surface area contributed by atoms with Crippen molar-refractivity contribution in [2.75, 3.05) is 4.90 Å². The fourth-order valence-corrected chi connectivity index (χ4v) is 10.4. The van der Waals surface area contributed by atoms with Gasteiger partial charge in [-0.05, 0) is 137 Å². The lowest BCUT2D eigenvalue weighted by molar-refractivity contribution is 0.670. The van der Waals surface area contributed by atoms with Crippen LogP contribution in [0.15, 0.2) is 265 Å². The molecular weight excluding hydrogens is 823 g/mol. The molecule has 2 nitrogen and oxygen atoms in total. The van der Waals surface area contributed by atoms with E-state index in [2.05, 4.69) is 254 Å². The van der Waals surface area contributed by atoms with Gasteiger partial charge in [-0.2, -0.15) is 0 Å². The quantitative estimate of drug-likeness (QED) is 0.142. The maximum Gasteiger partial charge on any atom is 0.143 e. The second kappa shape index (κ2) is 16.5. The number of nitrogens with zero attached hydrogens (tertiary/aromatic N) is 1. The minimum absolute atomic E-state index is 0.895. The third kappa shape index (κ3) is 6.82. The molecule has 318 valence electrons. The lowest BCUT2D eigenvalue weighted by Crippen LogP contribution is -2.10. The number of hydrogen-bond donors (Lipinski definition) is 0. The van der Waals surface area contributed by atoms with E-state index in [1.807, 2.05) is 12.1 Å². The van der Waals surface area contributed by atoms with E-state index in [0.717, 1.165) is 55.7 Å². The third-order valence-corrected chi connectivity index (χ3v) is 13.6. The largest absolute Gasteiger partial charge is 0.455 e. The molecular formula is C66H43NO. The molecule has 1 heterocycles. The highest BCUT2D eigenvalue weighted by Gasteiger charge is 2.20. The number of para-hydroxylation sites is 2. The van der Waals surface area contributed by atoms with Gasteiger partial charge in [0.15, 0.2) is 0 Å².